The summed E-state index contributed by atoms with van der Waals surface area (Å²) in [6, 6.07) is 0. The third kappa shape index (κ3) is 2.62. The van der Waals surface area contributed by atoms with Crippen LogP contribution < -0.4 is 21.1 Å². The summed E-state index contributed by atoms with van der Waals surface area (Å²) in [4.78, 5) is 24.3. The molecule has 4 nitrogen and oxygen atoms in total. The fourth-order valence-corrected chi connectivity index (χ4v) is 1.74. The maximum Gasteiger partial charge on any atom is 0.253 e. The molecule has 0 atom stereocenters. The Morgan fingerprint density at radius 3 is 2.31 bits per heavy atom. The van der Waals surface area contributed by atoms with E-state index in [1.807, 2.05) is 0 Å². The molecule has 0 fully saturated rings. The van der Waals surface area contributed by atoms with Gasteiger partial charge < -0.3 is 10.2 Å². The number of nitrogens with one attached hydrogen (secondary N) is 1. The van der Waals surface area contributed by atoms with Crippen molar-refractivity contribution in [2.24, 2.45) is 0 Å². The molecule has 16 heavy (non-hydrogen) atoms. The summed E-state index contributed by atoms with van der Waals surface area (Å²) < 4.78 is 0. The average molecular weight is 224 g/mol. The summed E-state index contributed by atoms with van der Waals surface area (Å²) in [6.07, 6.45) is 4.62. The SMILES string of the molecule is CCCCCCNc1c(N(C)C)c(=O)c1=O. The van der Waals surface area contributed by atoms with Gasteiger partial charge in [0.05, 0.1) is 0 Å². The summed E-state index contributed by atoms with van der Waals surface area (Å²) >= 11 is 0. The molecule has 0 radical (unpaired) electrons. The zero-order valence-corrected chi connectivity index (χ0v) is 10.3. The van der Waals surface area contributed by atoms with Crippen LogP contribution in [0.5, 0.6) is 0 Å². The van der Waals surface area contributed by atoms with Crippen LogP contribution in [0.25, 0.3) is 0 Å². The normalized spacial score (nSPS) is 10.7. The Hall–Kier alpha value is -1.32. The summed E-state index contributed by atoms with van der Waals surface area (Å²) in [5.41, 5.74) is 0.257. The summed E-state index contributed by atoms with van der Waals surface area (Å²) in [6.45, 7) is 2.93. The van der Waals surface area contributed by atoms with Crippen molar-refractivity contribution in [3.05, 3.63) is 20.4 Å². The molecule has 1 aromatic carbocycles. The fraction of sp³-hybridized carbons (Fsp3) is 0.667. The van der Waals surface area contributed by atoms with Crippen LogP contribution in [0.4, 0.5) is 11.4 Å². The van der Waals surface area contributed by atoms with Gasteiger partial charge in [-0.15, -0.1) is 0 Å². The lowest BCUT2D eigenvalue weighted by molar-refractivity contribution is 0.684. The van der Waals surface area contributed by atoms with E-state index in [1.165, 1.54) is 12.8 Å². The van der Waals surface area contributed by atoms with E-state index in [-0.39, 0.29) is 10.9 Å². The van der Waals surface area contributed by atoms with Crippen molar-refractivity contribution < 1.29 is 0 Å². The molecule has 4 heteroatoms. The Morgan fingerprint density at radius 1 is 1.06 bits per heavy atom. The van der Waals surface area contributed by atoms with E-state index in [9.17, 15) is 9.59 Å². The van der Waals surface area contributed by atoms with E-state index >= 15 is 0 Å². The summed E-state index contributed by atoms with van der Waals surface area (Å²) in [5, 5.41) is 3.06. The van der Waals surface area contributed by atoms with E-state index in [1.54, 1.807) is 19.0 Å². The minimum absolute atomic E-state index is 0.374. The van der Waals surface area contributed by atoms with Crippen molar-refractivity contribution in [1.29, 1.82) is 0 Å². The lowest BCUT2D eigenvalue weighted by Crippen LogP contribution is -2.40. The molecule has 0 saturated carbocycles. The fourth-order valence-electron chi connectivity index (χ4n) is 1.74. The van der Waals surface area contributed by atoms with Gasteiger partial charge in [-0.3, -0.25) is 9.59 Å². The van der Waals surface area contributed by atoms with Gasteiger partial charge in [0.1, 0.15) is 11.4 Å². The molecule has 0 unspecified atom stereocenters. The van der Waals surface area contributed by atoms with Crippen molar-refractivity contribution in [2.75, 3.05) is 30.9 Å². The van der Waals surface area contributed by atoms with Gasteiger partial charge in [0.2, 0.25) is 0 Å². The van der Waals surface area contributed by atoms with Gasteiger partial charge in [-0.25, -0.2) is 0 Å². The Labute approximate surface area is 96.0 Å². The van der Waals surface area contributed by atoms with Crippen molar-refractivity contribution in [3.63, 3.8) is 0 Å². The molecule has 0 amide bonds. The minimum atomic E-state index is -0.376. The first-order valence-corrected chi connectivity index (χ1v) is 5.84. The Balaban J connectivity index is 2.46. The molecule has 1 N–H and O–H groups in total. The van der Waals surface area contributed by atoms with Crippen molar-refractivity contribution in [2.45, 2.75) is 32.6 Å². The largest absolute Gasteiger partial charge is 0.380 e. The van der Waals surface area contributed by atoms with Gasteiger partial charge in [-0.2, -0.15) is 0 Å². The highest BCUT2D eigenvalue weighted by Gasteiger charge is 2.21. The number of hydrogen-bond donors (Lipinski definition) is 1. The second-order valence-corrected chi connectivity index (χ2v) is 4.26. The van der Waals surface area contributed by atoms with E-state index in [4.69, 9.17) is 0 Å². The molecule has 1 rings (SSSR count). The number of hydrogen-bond acceptors (Lipinski definition) is 4. The van der Waals surface area contributed by atoms with Crippen molar-refractivity contribution >= 4 is 11.4 Å². The van der Waals surface area contributed by atoms with E-state index in [0.29, 0.717) is 11.4 Å². The van der Waals surface area contributed by atoms with Crippen LogP contribution >= 0.6 is 0 Å². The van der Waals surface area contributed by atoms with Crippen LogP contribution in [0, 0.1) is 0 Å². The van der Waals surface area contributed by atoms with Gasteiger partial charge in [0.25, 0.3) is 10.9 Å². The second-order valence-electron chi connectivity index (χ2n) is 4.26. The molecule has 0 spiro atoms. The Morgan fingerprint density at radius 2 is 1.75 bits per heavy atom. The number of unbranched alkanes of at least 4 members (excludes halogenated alkanes) is 3. The van der Waals surface area contributed by atoms with Gasteiger partial charge in [0, 0.05) is 20.6 Å². The van der Waals surface area contributed by atoms with Gasteiger partial charge in [0.15, 0.2) is 0 Å². The highest BCUT2D eigenvalue weighted by molar-refractivity contribution is 5.74. The van der Waals surface area contributed by atoms with Crippen LogP contribution in [-0.4, -0.2) is 20.6 Å². The highest BCUT2D eigenvalue weighted by Crippen LogP contribution is 2.17. The average Bonchev–Trinajstić information content (AvgIpc) is 2.25. The molecule has 90 valence electrons. The van der Waals surface area contributed by atoms with Crippen LogP contribution in [0.2, 0.25) is 0 Å². The zero-order valence-electron chi connectivity index (χ0n) is 10.3. The number of anilines is 2. The first-order valence-electron chi connectivity index (χ1n) is 5.84. The van der Waals surface area contributed by atoms with Gasteiger partial charge >= 0.3 is 0 Å². The lowest BCUT2D eigenvalue weighted by Gasteiger charge is -2.19. The number of rotatable bonds is 7. The first kappa shape index (κ1) is 12.7. The minimum Gasteiger partial charge on any atom is -0.380 e. The molecule has 0 aliphatic rings. The maximum absolute atomic E-state index is 11.3. The number of nitrogens with zero attached hydrogens (tertiary/aromatic N) is 1. The highest BCUT2D eigenvalue weighted by atomic mass is 16.2. The van der Waals surface area contributed by atoms with E-state index < -0.39 is 0 Å². The smallest absolute Gasteiger partial charge is 0.253 e. The first-order chi connectivity index (χ1) is 7.59. The van der Waals surface area contributed by atoms with Crippen LogP contribution in [0.1, 0.15) is 32.6 Å². The van der Waals surface area contributed by atoms with E-state index in [0.717, 1.165) is 19.4 Å². The van der Waals surface area contributed by atoms with Gasteiger partial charge in [-0.05, 0) is 6.42 Å². The molecule has 0 saturated heterocycles. The summed E-state index contributed by atoms with van der Waals surface area (Å²) in [7, 11) is 3.55. The Kier molecular flexibility index (Phi) is 4.52. The zero-order chi connectivity index (χ0) is 12.1. The predicted molar refractivity (Wildman–Crippen MR) is 68.3 cm³/mol. The standard InChI is InChI=1S/C12H20N2O2/c1-4-5-6-7-8-13-9-10(14(2)3)12(16)11(9)15/h13H,4-8H2,1-3H3. The van der Waals surface area contributed by atoms with Crippen molar-refractivity contribution in [1.82, 2.24) is 0 Å². The lowest BCUT2D eigenvalue weighted by atomic mass is 10.1. The van der Waals surface area contributed by atoms with Crippen LogP contribution in [0.15, 0.2) is 9.59 Å². The molecule has 0 bridgehead atoms. The monoisotopic (exact) mass is 224 g/mol. The summed E-state index contributed by atoms with van der Waals surface area (Å²) in [5.74, 6) is 0. The van der Waals surface area contributed by atoms with Gasteiger partial charge in [-0.1, -0.05) is 26.2 Å². The quantitative estimate of drug-likeness (QED) is 0.561. The molecule has 1 aromatic rings. The maximum atomic E-state index is 11.3. The van der Waals surface area contributed by atoms with Crippen LogP contribution in [-0.2, 0) is 0 Å². The van der Waals surface area contributed by atoms with Crippen LogP contribution in [0.3, 0.4) is 0 Å². The molecule has 0 heterocycles. The molecule has 0 aliphatic heterocycles. The third-order valence-electron chi connectivity index (χ3n) is 2.66. The topological polar surface area (TPSA) is 49.4 Å². The second kappa shape index (κ2) is 5.68. The molecular weight excluding hydrogens is 204 g/mol. The Bertz CT molecular complexity index is 403. The molecule has 0 aromatic heterocycles. The molecule has 0 aliphatic carbocycles. The van der Waals surface area contributed by atoms with E-state index in [2.05, 4.69) is 12.2 Å². The molecular formula is C12H20N2O2. The third-order valence-corrected chi connectivity index (χ3v) is 2.66. The predicted octanol–water partition coefficient (Wildman–Crippen LogP) is 1.34. The van der Waals surface area contributed by atoms with Crippen molar-refractivity contribution in [3.8, 4) is 0 Å².